The van der Waals surface area contributed by atoms with E-state index in [2.05, 4.69) is 11.4 Å². The van der Waals surface area contributed by atoms with Gasteiger partial charge in [-0.3, -0.25) is 0 Å². The first kappa shape index (κ1) is 10.5. The van der Waals surface area contributed by atoms with Gasteiger partial charge < -0.3 is 15.8 Å². The zero-order chi connectivity index (χ0) is 10.7. The molecule has 1 fully saturated rings. The van der Waals surface area contributed by atoms with Crippen molar-refractivity contribution in [3.8, 4) is 5.75 Å². The van der Waals surface area contributed by atoms with Crippen LogP contribution in [0.2, 0.25) is 0 Å². The Morgan fingerprint density at radius 1 is 1.40 bits per heavy atom. The van der Waals surface area contributed by atoms with Gasteiger partial charge in [0.1, 0.15) is 5.75 Å². The van der Waals surface area contributed by atoms with Crippen LogP contribution in [0.1, 0.15) is 18.4 Å². The molecule has 1 aliphatic rings. The predicted octanol–water partition coefficient (Wildman–Crippen LogP) is 1.10. The minimum absolute atomic E-state index is 0.201. The molecular weight excluding hydrogens is 188 g/mol. The third-order valence-electron chi connectivity index (χ3n) is 2.88. The molecule has 2 rings (SSSR count). The van der Waals surface area contributed by atoms with Crippen molar-refractivity contribution in [1.82, 2.24) is 5.32 Å². The van der Waals surface area contributed by atoms with Crippen LogP contribution < -0.4 is 15.8 Å². The first-order valence-electron chi connectivity index (χ1n) is 5.51. The van der Waals surface area contributed by atoms with E-state index in [1.54, 1.807) is 0 Å². The van der Waals surface area contributed by atoms with Crippen LogP contribution in [0.5, 0.6) is 5.75 Å². The molecule has 15 heavy (non-hydrogen) atoms. The van der Waals surface area contributed by atoms with E-state index >= 15 is 0 Å². The Labute approximate surface area is 90.6 Å². The lowest BCUT2D eigenvalue weighted by Crippen LogP contribution is -2.27. The maximum absolute atomic E-state index is 6.06. The normalized spacial score (nSPS) is 25.5. The third kappa shape index (κ3) is 2.13. The number of nitrogens with two attached hydrogens (primary N) is 1. The summed E-state index contributed by atoms with van der Waals surface area (Å²) in [5.74, 6) is 1.36. The minimum Gasteiger partial charge on any atom is -0.494 e. The van der Waals surface area contributed by atoms with Gasteiger partial charge in [0, 0.05) is 30.6 Å². The number of para-hydroxylation sites is 1. The summed E-state index contributed by atoms with van der Waals surface area (Å²) in [7, 11) is 0. The van der Waals surface area contributed by atoms with Gasteiger partial charge in [0.15, 0.2) is 0 Å². The molecule has 82 valence electrons. The quantitative estimate of drug-likeness (QED) is 0.778. The molecule has 2 unspecified atom stereocenters. The topological polar surface area (TPSA) is 47.3 Å². The summed E-state index contributed by atoms with van der Waals surface area (Å²) in [4.78, 5) is 0. The maximum atomic E-state index is 6.06. The Bertz CT molecular complexity index is 327. The Balaban J connectivity index is 2.25. The highest BCUT2D eigenvalue weighted by molar-refractivity contribution is 5.38. The zero-order valence-electron chi connectivity index (χ0n) is 9.07. The van der Waals surface area contributed by atoms with Crippen molar-refractivity contribution in [2.45, 2.75) is 18.9 Å². The van der Waals surface area contributed by atoms with Crippen molar-refractivity contribution in [3.05, 3.63) is 29.8 Å². The Morgan fingerprint density at radius 2 is 2.20 bits per heavy atom. The second-order valence-corrected chi connectivity index (χ2v) is 3.90. The van der Waals surface area contributed by atoms with E-state index in [9.17, 15) is 0 Å². The summed E-state index contributed by atoms with van der Waals surface area (Å²) in [5, 5.41) is 3.31. The minimum atomic E-state index is 0.201. The molecule has 0 amide bonds. The van der Waals surface area contributed by atoms with Crippen molar-refractivity contribution in [2.24, 2.45) is 5.73 Å². The second-order valence-electron chi connectivity index (χ2n) is 3.90. The standard InChI is InChI=1S/C12H18N2O/c1-2-15-12-6-4-3-5-9(12)10-7-14-8-11(10)13/h3-6,10-11,14H,2,7-8,13H2,1H3. The predicted molar refractivity (Wildman–Crippen MR) is 61.2 cm³/mol. The van der Waals surface area contributed by atoms with E-state index in [4.69, 9.17) is 10.5 Å². The summed E-state index contributed by atoms with van der Waals surface area (Å²) in [6, 6.07) is 8.38. The van der Waals surface area contributed by atoms with Gasteiger partial charge in [0.05, 0.1) is 6.61 Å². The van der Waals surface area contributed by atoms with Crippen LogP contribution in [-0.2, 0) is 0 Å². The second kappa shape index (κ2) is 4.64. The number of hydrogen-bond donors (Lipinski definition) is 2. The molecular formula is C12H18N2O. The van der Waals surface area contributed by atoms with Crippen molar-refractivity contribution in [1.29, 1.82) is 0 Å². The lowest BCUT2D eigenvalue weighted by atomic mass is 9.94. The van der Waals surface area contributed by atoms with E-state index in [1.807, 2.05) is 25.1 Å². The Morgan fingerprint density at radius 3 is 2.87 bits per heavy atom. The molecule has 2 atom stereocenters. The molecule has 3 N–H and O–H groups in total. The monoisotopic (exact) mass is 206 g/mol. The van der Waals surface area contributed by atoms with E-state index in [1.165, 1.54) is 5.56 Å². The Kier molecular flexibility index (Phi) is 3.23. The average Bonchev–Trinajstić information content (AvgIpc) is 2.66. The van der Waals surface area contributed by atoms with Crippen LogP contribution in [-0.4, -0.2) is 25.7 Å². The average molecular weight is 206 g/mol. The van der Waals surface area contributed by atoms with Gasteiger partial charge in [-0.2, -0.15) is 0 Å². The summed E-state index contributed by atoms with van der Waals surface area (Å²) >= 11 is 0. The molecule has 0 aliphatic carbocycles. The van der Waals surface area contributed by atoms with Gasteiger partial charge in [-0.25, -0.2) is 0 Å². The number of benzene rings is 1. The summed E-state index contributed by atoms with van der Waals surface area (Å²) < 4.78 is 5.61. The largest absolute Gasteiger partial charge is 0.494 e. The molecule has 0 spiro atoms. The fraction of sp³-hybridized carbons (Fsp3) is 0.500. The van der Waals surface area contributed by atoms with E-state index in [-0.39, 0.29) is 6.04 Å². The number of rotatable bonds is 3. The van der Waals surface area contributed by atoms with Crippen molar-refractivity contribution in [3.63, 3.8) is 0 Å². The van der Waals surface area contributed by atoms with Gasteiger partial charge in [0.25, 0.3) is 0 Å². The Hall–Kier alpha value is -1.06. The fourth-order valence-corrected chi connectivity index (χ4v) is 2.11. The van der Waals surface area contributed by atoms with Crippen LogP contribution in [0.15, 0.2) is 24.3 Å². The van der Waals surface area contributed by atoms with Crippen LogP contribution in [0.25, 0.3) is 0 Å². The lowest BCUT2D eigenvalue weighted by Gasteiger charge is -2.18. The van der Waals surface area contributed by atoms with E-state index < -0.39 is 0 Å². The smallest absolute Gasteiger partial charge is 0.122 e. The number of nitrogens with one attached hydrogen (secondary N) is 1. The van der Waals surface area contributed by atoms with Crippen LogP contribution >= 0.6 is 0 Å². The highest BCUT2D eigenvalue weighted by atomic mass is 16.5. The number of ether oxygens (including phenoxy) is 1. The molecule has 0 bridgehead atoms. The van der Waals surface area contributed by atoms with Gasteiger partial charge in [-0.05, 0) is 13.0 Å². The zero-order valence-corrected chi connectivity index (χ0v) is 9.07. The molecule has 1 aromatic carbocycles. The maximum Gasteiger partial charge on any atom is 0.122 e. The molecule has 0 saturated carbocycles. The SMILES string of the molecule is CCOc1ccccc1C1CNCC1N. The molecule has 0 aromatic heterocycles. The molecule has 3 heteroatoms. The summed E-state index contributed by atoms with van der Waals surface area (Å²) in [5.41, 5.74) is 7.29. The molecule has 1 aromatic rings. The van der Waals surface area contributed by atoms with Crippen molar-refractivity contribution in [2.75, 3.05) is 19.7 Å². The van der Waals surface area contributed by atoms with Crippen LogP contribution in [0.4, 0.5) is 0 Å². The highest BCUT2D eigenvalue weighted by Gasteiger charge is 2.27. The first-order valence-corrected chi connectivity index (χ1v) is 5.51. The van der Waals surface area contributed by atoms with Gasteiger partial charge >= 0.3 is 0 Å². The van der Waals surface area contributed by atoms with Crippen LogP contribution in [0, 0.1) is 0 Å². The van der Waals surface area contributed by atoms with Crippen molar-refractivity contribution >= 4 is 0 Å². The molecule has 1 aliphatic heterocycles. The first-order chi connectivity index (χ1) is 7.33. The van der Waals surface area contributed by atoms with Gasteiger partial charge in [-0.15, -0.1) is 0 Å². The summed E-state index contributed by atoms with van der Waals surface area (Å²) in [6.45, 7) is 4.55. The van der Waals surface area contributed by atoms with Crippen molar-refractivity contribution < 1.29 is 4.74 Å². The van der Waals surface area contributed by atoms with E-state index in [0.29, 0.717) is 12.5 Å². The van der Waals surface area contributed by atoms with Gasteiger partial charge in [0.2, 0.25) is 0 Å². The molecule has 0 radical (unpaired) electrons. The molecule has 3 nitrogen and oxygen atoms in total. The fourth-order valence-electron chi connectivity index (χ4n) is 2.11. The van der Waals surface area contributed by atoms with Gasteiger partial charge in [-0.1, -0.05) is 18.2 Å². The van der Waals surface area contributed by atoms with Crippen LogP contribution in [0.3, 0.4) is 0 Å². The number of hydrogen-bond acceptors (Lipinski definition) is 3. The highest BCUT2D eigenvalue weighted by Crippen LogP contribution is 2.29. The van der Waals surface area contributed by atoms with E-state index in [0.717, 1.165) is 18.8 Å². The summed E-state index contributed by atoms with van der Waals surface area (Å²) in [6.07, 6.45) is 0. The third-order valence-corrected chi connectivity index (χ3v) is 2.88. The lowest BCUT2D eigenvalue weighted by molar-refractivity contribution is 0.333. The molecule has 1 heterocycles. The molecule has 1 saturated heterocycles.